The fraction of sp³-hybridized carbons (Fsp3) is 0.429. The highest BCUT2D eigenvalue weighted by Gasteiger charge is 2.22. The number of aliphatic imine (C=N–C) groups is 1. The van der Waals surface area contributed by atoms with Crippen molar-refractivity contribution in [2.24, 2.45) is 4.99 Å². The lowest BCUT2D eigenvalue weighted by atomic mass is 10.2. The monoisotopic (exact) mass is 419 g/mol. The molecule has 9 heteroatoms. The lowest BCUT2D eigenvalue weighted by molar-refractivity contribution is 0.143. The summed E-state index contributed by atoms with van der Waals surface area (Å²) in [5.41, 5.74) is 1.30. The van der Waals surface area contributed by atoms with Crippen molar-refractivity contribution in [3.8, 4) is 5.88 Å². The van der Waals surface area contributed by atoms with Crippen LogP contribution < -0.4 is 15.0 Å². The van der Waals surface area contributed by atoms with Gasteiger partial charge in [0.05, 0.1) is 12.3 Å². The van der Waals surface area contributed by atoms with Crippen molar-refractivity contribution in [3.05, 3.63) is 53.7 Å². The first kappa shape index (κ1) is 21.8. The van der Waals surface area contributed by atoms with Gasteiger partial charge >= 0.3 is 0 Å². The second-order valence-corrected chi connectivity index (χ2v) is 6.82. The molecule has 1 fully saturated rings. The highest BCUT2D eigenvalue weighted by Crippen LogP contribution is 2.22. The molecule has 3 rings (SSSR count). The van der Waals surface area contributed by atoms with Gasteiger partial charge in [-0.1, -0.05) is 6.07 Å². The van der Waals surface area contributed by atoms with E-state index >= 15 is 0 Å². The Kier molecular flexibility index (Phi) is 7.78. The molecule has 0 amide bonds. The van der Waals surface area contributed by atoms with Crippen molar-refractivity contribution in [2.45, 2.75) is 6.54 Å². The number of aromatic nitrogens is 1. The van der Waals surface area contributed by atoms with E-state index in [2.05, 4.69) is 20.2 Å². The number of hydrogen-bond acceptors (Lipinski definition) is 5. The Hall–Kier alpha value is -2.94. The van der Waals surface area contributed by atoms with Crippen LogP contribution in [-0.2, 0) is 11.3 Å². The lowest BCUT2D eigenvalue weighted by Gasteiger charge is -2.37. The number of pyridine rings is 1. The molecule has 162 valence electrons. The van der Waals surface area contributed by atoms with Crippen LogP contribution >= 0.6 is 0 Å². The van der Waals surface area contributed by atoms with Crippen molar-refractivity contribution >= 4 is 11.6 Å². The average Bonchev–Trinajstić information content (AvgIpc) is 2.77. The number of anilines is 1. The van der Waals surface area contributed by atoms with Crippen molar-refractivity contribution in [1.29, 1.82) is 0 Å². The molecule has 1 saturated heterocycles. The molecule has 2 heterocycles. The maximum absolute atomic E-state index is 14.0. The number of nitrogens with zero attached hydrogens (tertiary/aromatic N) is 4. The fourth-order valence-corrected chi connectivity index (χ4v) is 3.23. The quantitative estimate of drug-likeness (QED) is 0.422. The van der Waals surface area contributed by atoms with E-state index in [0.717, 1.165) is 17.6 Å². The standard InChI is InChI=1S/C21H27F2N5O2/c1-24-21(26-15-16-3-6-20(25-14-16)30-12-11-29-2)28-9-7-27(8-10-28)19-13-17(22)4-5-18(19)23/h3-6,13-14H,7-12,15H2,1-2H3,(H,24,26). The van der Waals surface area contributed by atoms with Crippen LogP contribution in [0.3, 0.4) is 0 Å². The molecule has 0 unspecified atom stereocenters. The predicted octanol–water partition coefficient (Wildman–Crippen LogP) is 2.28. The van der Waals surface area contributed by atoms with Gasteiger partial charge in [-0.15, -0.1) is 0 Å². The van der Waals surface area contributed by atoms with E-state index < -0.39 is 11.6 Å². The van der Waals surface area contributed by atoms with Crippen molar-refractivity contribution < 1.29 is 18.3 Å². The molecule has 0 bridgehead atoms. The summed E-state index contributed by atoms with van der Waals surface area (Å²) in [6.07, 6.45) is 1.76. The first-order chi connectivity index (χ1) is 14.6. The molecule has 1 aliphatic rings. The lowest BCUT2D eigenvalue weighted by Crippen LogP contribution is -2.52. The summed E-state index contributed by atoms with van der Waals surface area (Å²) in [5.74, 6) is 0.472. The smallest absolute Gasteiger partial charge is 0.213 e. The number of benzene rings is 1. The number of guanidine groups is 1. The van der Waals surface area contributed by atoms with Crippen LogP contribution in [0.4, 0.5) is 14.5 Å². The van der Waals surface area contributed by atoms with Crippen LogP contribution in [0.5, 0.6) is 5.88 Å². The van der Waals surface area contributed by atoms with Gasteiger partial charge in [-0.2, -0.15) is 0 Å². The molecule has 0 radical (unpaired) electrons. The SMILES string of the molecule is CN=C(NCc1ccc(OCCOC)nc1)N1CCN(c2cc(F)ccc2F)CC1. The summed E-state index contributed by atoms with van der Waals surface area (Å²) < 4.78 is 37.9. The molecule has 1 aromatic carbocycles. The van der Waals surface area contributed by atoms with Gasteiger partial charge < -0.3 is 24.6 Å². The largest absolute Gasteiger partial charge is 0.475 e. The molecular formula is C21H27F2N5O2. The predicted molar refractivity (Wildman–Crippen MR) is 112 cm³/mol. The first-order valence-electron chi connectivity index (χ1n) is 9.83. The van der Waals surface area contributed by atoms with Gasteiger partial charge in [-0.3, -0.25) is 4.99 Å². The molecule has 1 aromatic heterocycles. The Balaban J connectivity index is 1.49. The third-order valence-electron chi connectivity index (χ3n) is 4.83. The molecule has 0 spiro atoms. The average molecular weight is 419 g/mol. The minimum Gasteiger partial charge on any atom is -0.475 e. The first-order valence-corrected chi connectivity index (χ1v) is 9.83. The zero-order chi connectivity index (χ0) is 21.3. The zero-order valence-corrected chi connectivity index (χ0v) is 17.3. The summed E-state index contributed by atoms with van der Waals surface area (Å²) in [6.45, 7) is 4.00. The molecular weight excluding hydrogens is 392 g/mol. The topological polar surface area (TPSA) is 62.2 Å². The minimum absolute atomic E-state index is 0.302. The summed E-state index contributed by atoms with van der Waals surface area (Å²) in [7, 11) is 3.35. The summed E-state index contributed by atoms with van der Waals surface area (Å²) in [4.78, 5) is 12.6. The molecule has 0 saturated carbocycles. The van der Waals surface area contributed by atoms with Gasteiger partial charge in [0.2, 0.25) is 5.88 Å². The second kappa shape index (κ2) is 10.7. The maximum Gasteiger partial charge on any atom is 0.213 e. The summed E-state index contributed by atoms with van der Waals surface area (Å²) >= 11 is 0. The van der Waals surface area contributed by atoms with E-state index in [-0.39, 0.29) is 0 Å². The van der Waals surface area contributed by atoms with E-state index in [9.17, 15) is 8.78 Å². The molecule has 7 nitrogen and oxygen atoms in total. The Morgan fingerprint density at radius 2 is 1.93 bits per heavy atom. The van der Waals surface area contributed by atoms with Crippen LogP contribution in [0.1, 0.15) is 5.56 Å². The van der Waals surface area contributed by atoms with Gasteiger partial charge in [-0.05, 0) is 17.7 Å². The molecule has 2 aromatic rings. The van der Waals surface area contributed by atoms with Crippen molar-refractivity contribution in [1.82, 2.24) is 15.2 Å². The Labute approximate surface area is 175 Å². The fourth-order valence-electron chi connectivity index (χ4n) is 3.23. The number of methoxy groups -OCH3 is 1. The number of piperazine rings is 1. The van der Waals surface area contributed by atoms with Crippen molar-refractivity contribution in [2.75, 3.05) is 58.5 Å². The van der Waals surface area contributed by atoms with Crippen LogP contribution in [0.15, 0.2) is 41.5 Å². The third-order valence-corrected chi connectivity index (χ3v) is 4.83. The van der Waals surface area contributed by atoms with E-state index in [1.807, 2.05) is 17.0 Å². The van der Waals surface area contributed by atoms with E-state index in [1.165, 1.54) is 12.1 Å². The van der Waals surface area contributed by atoms with Gasteiger partial charge in [0.15, 0.2) is 5.96 Å². The molecule has 0 aliphatic carbocycles. The van der Waals surface area contributed by atoms with Crippen molar-refractivity contribution in [3.63, 3.8) is 0 Å². The van der Waals surface area contributed by atoms with Crippen LogP contribution in [0.2, 0.25) is 0 Å². The Morgan fingerprint density at radius 1 is 1.13 bits per heavy atom. The summed E-state index contributed by atoms with van der Waals surface area (Å²) in [5, 5.41) is 3.32. The molecule has 0 atom stereocenters. The zero-order valence-electron chi connectivity index (χ0n) is 17.3. The van der Waals surface area contributed by atoms with Gasteiger partial charge in [0.1, 0.15) is 18.2 Å². The highest BCUT2D eigenvalue weighted by molar-refractivity contribution is 5.80. The normalized spacial score (nSPS) is 14.7. The number of ether oxygens (including phenoxy) is 2. The highest BCUT2D eigenvalue weighted by atomic mass is 19.1. The molecule has 30 heavy (non-hydrogen) atoms. The minimum atomic E-state index is -0.435. The third kappa shape index (κ3) is 5.79. The molecule has 1 N–H and O–H groups in total. The van der Waals surface area contributed by atoms with E-state index in [4.69, 9.17) is 9.47 Å². The van der Waals surface area contributed by atoms with E-state index in [1.54, 1.807) is 20.4 Å². The number of rotatable bonds is 7. The number of nitrogens with one attached hydrogen (secondary N) is 1. The van der Waals surface area contributed by atoms with Gasteiger partial charge in [0.25, 0.3) is 0 Å². The van der Waals surface area contributed by atoms with E-state index in [0.29, 0.717) is 57.5 Å². The maximum atomic E-state index is 14.0. The van der Waals surface area contributed by atoms with Crippen LogP contribution in [0, 0.1) is 11.6 Å². The number of hydrogen-bond donors (Lipinski definition) is 1. The van der Waals surface area contributed by atoms with Gasteiger partial charge in [0, 0.05) is 65.2 Å². The Morgan fingerprint density at radius 3 is 2.60 bits per heavy atom. The van der Waals surface area contributed by atoms with Crippen LogP contribution in [-0.4, -0.2) is 69.4 Å². The Bertz CT molecular complexity index is 840. The summed E-state index contributed by atoms with van der Waals surface area (Å²) in [6, 6.07) is 7.31. The molecule has 1 aliphatic heterocycles. The van der Waals surface area contributed by atoms with Gasteiger partial charge in [-0.25, -0.2) is 13.8 Å². The van der Waals surface area contributed by atoms with Crippen LogP contribution in [0.25, 0.3) is 0 Å². The number of halogens is 2. The second-order valence-electron chi connectivity index (χ2n) is 6.82.